The van der Waals surface area contributed by atoms with Crippen LogP contribution in [0.5, 0.6) is 0 Å². The molecule has 0 aliphatic rings. The SMILES string of the molecule is NC(=O)c1cccn2cc(-c3cccnc3)nc12. The van der Waals surface area contributed by atoms with Crippen molar-refractivity contribution in [2.45, 2.75) is 0 Å². The largest absolute Gasteiger partial charge is 0.365 e. The summed E-state index contributed by atoms with van der Waals surface area (Å²) in [5.74, 6) is -0.482. The van der Waals surface area contributed by atoms with Crippen molar-refractivity contribution in [3.05, 3.63) is 54.6 Å². The summed E-state index contributed by atoms with van der Waals surface area (Å²) in [6.45, 7) is 0. The first-order chi connectivity index (χ1) is 8.75. The molecule has 18 heavy (non-hydrogen) atoms. The molecule has 1 amide bonds. The monoisotopic (exact) mass is 238 g/mol. The first kappa shape index (κ1) is 10.5. The normalized spacial score (nSPS) is 10.7. The summed E-state index contributed by atoms with van der Waals surface area (Å²) in [5, 5.41) is 0. The number of fused-ring (bicyclic) bond motifs is 1. The van der Waals surface area contributed by atoms with Crippen LogP contribution in [0.15, 0.2) is 49.1 Å². The molecule has 0 saturated carbocycles. The maximum atomic E-state index is 11.3. The number of imidazole rings is 1. The smallest absolute Gasteiger partial charge is 0.252 e. The Hall–Kier alpha value is -2.69. The van der Waals surface area contributed by atoms with Crippen molar-refractivity contribution in [3.8, 4) is 11.3 Å². The van der Waals surface area contributed by atoms with Gasteiger partial charge in [0.25, 0.3) is 5.91 Å². The van der Waals surface area contributed by atoms with Crippen molar-refractivity contribution in [1.82, 2.24) is 14.4 Å². The minimum Gasteiger partial charge on any atom is -0.365 e. The summed E-state index contributed by atoms with van der Waals surface area (Å²) >= 11 is 0. The predicted octanol–water partition coefficient (Wildman–Crippen LogP) is 1.50. The standard InChI is InChI=1S/C13H10N4O/c14-12(18)10-4-2-6-17-8-11(16-13(10)17)9-3-1-5-15-7-9/h1-8H,(H2,14,18). The van der Waals surface area contributed by atoms with E-state index in [-0.39, 0.29) is 0 Å². The number of carbonyl (C=O) groups is 1. The molecule has 2 N–H and O–H groups in total. The third-order valence-electron chi connectivity index (χ3n) is 2.71. The highest BCUT2D eigenvalue weighted by molar-refractivity contribution is 5.98. The predicted molar refractivity (Wildman–Crippen MR) is 66.9 cm³/mol. The van der Waals surface area contributed by atoms with Crippen molar-refractivity contribution in [2.75, 3.05) is 0 Å². The van der Waals surface area contributed by atoms with Gasteiger partial charge in [0, 0.05) is 30.4 Å². The van der Waals surface area contributed by atoms with Gasteiger partial charge < -0.3 is 10.1 Å². The number of carbonyl (C=O) groups excluding carboxylic acids is 1. The van der Waals surface area contributed by atoms with Gasteiger partial charge in [0.15, 0.2) is 0 Å². The summed E-state index contributed by atoms with van der Waals surface area (Å²) in [6, 6.07) is 7.19. The van der Waals surface area contributed by atoms with Crippen LogP contribution in [0.1, 0.15) is 10.4 Å². The van der Waals surface area contributed by atoms with E-state index < -0.39 is 5.91 Å². The first-order valence-corrected chi connectivity index (χ1v) is 5.43. The highest BCUT2D eigenvalue weighted by Gasteiger charge is 2.10. The second-order valence-electron chi connectivity index (χ2n) is 3.88. The van der Waals surface area contributed by atoms with Gasteiger partial charge in [-0.2, -0.15) is 0 Å². The topological polar surface area (TPSA) is 73.3 Å². The Morgan fingerprint density at radius 3 is 2.89 bits per heavy atom. The van der Waals surface area contributed by atoms with Crippen molar-refractivity contribution < 1.29 is 4.79 Å². The molecule has 0 radical (unpaired) electrons. The van der Waals surface area contributed by atoms with Crippen LogP contribution in [0.4, 0.5) is 0 Å². The fourth-order valence-corrected chi connectivity index (χ4v) is 1.86. The maximum absolute atomic E-state index is 11.3. The Bertz CT molecular complexity index is 718. The summed E-state index contributed by atoms with van der Waals surface area (Å²) in [6.07, 6.45) is 7.10. The quantitative estimate of drug-likeness (QED) is 0.735. The Balaban J connectivity index is 2.23. The second-order valence-corrected chi connectivity index (χ2v) is 3.88. The van der Waals surface area contributed by atoms with Crippen LogP contribution in [0.25, 0.3) is 16.9 Å². The van der Waals surface area contributed by atoms with Gasteiger partial charge in [-0.3, -0.25) is 9.78 Å². The van der Waals surface area contributed by atoms with Crippen LogP contribution >= 0.6 is 0 Å². The number of nitrogens with two attached hydrogens (primary N) is 1. The van der Waals surface area contributed by atoms with Gasteiger partial charge in [-0.1, -0.05) is 0 Å². The minimum absolute atomic E-state index is 0.410. The van der Waals surface area contributed by atoms with Crippen molar-refractivity contribution >= 4 is 11.6 Å². The van der Waals surface area contributed by atoms with Crippen molar-refractivity contribution in [3.63, 3.8) is 0 Å². The summed E-state index contributed by atoms with van der Waals surface area (Å²) < 4.78 is 1.78. The molecule has 0 aliphatic carbocycles. The molecule has 0 atom stereocenters. The molecular weight excluding hydrogens is 228 g/mol. The number of pyridine rings is 2. The van der Waals surface area contributed by atoms with E-state index in [1.54, 1.807) is 28.9 Å². The minimum atomic E-state index is -0.482. The average Bonchev–Trinajstić information content (AvgIpc) is 2.83. The molecular formula is C13H10N4O. The third kappa shape index (κ3) is 1.62. The molecule has 5 heteroatoms. The number of hydrogen-bond acceptors (Lipinski definition) is 3. The van der Waals surface area contributed by atoms with Gasteiger partial charge in [-0.25, -0.2) is 4.98 Å². The number of hydrogen-bond donors (Lipinski definition) is 1. The molecule has 0 bridgehead atoms. The lowest BCUT2D eigenvalue weighted by atomic mass is 10.2. The van der Waals surface area contributed by atoms with Gasteiger partial charge in [-0.05, 0) is 24.3 Å². The molecule has 0 unspecified atom stereocenters. The van der Waals surface area contributed by atoms with Crippen LogP contribution in [-0.4, -0.2) is 20.3 Å². The van der Waals surface area contributed by atoms with E-state index in [0.29, 0.717) is 11.2 Å². The fourth-order valence-electron chi connectivity index (χ4n) is 1.86. The van der Waals surface area contributed by atoms with Crippen LogP contribution in [-0.2, 0) is 0 Å². The van der Waals surface area contributed by atoms with Crippen LogP contribution < -0.4 is 5.73 Å². The zero-order valence-electron chi connectivity index (χ0n) is 9.45. The molecule has 3 aromatic rings. The van der Waals surface area contributed by atoms with E-state index in [0.717, 1.165) is 11.3 Å². The summed E-state index contributed by atoms with van der Waals surface area (Å²) in [4.78, 5) is 19.8. The molecule has 0 fully saturated rings. The zero-order chi connectivity index (χ0) is 12.5. The van der Waals surface area contributed by atoms with Gasteiger partial charge >= 0.3 is 0 Å². The van der Waals surface area contributed by atoms with Crippen LogP contribution in [0.3, 0.4) is 0 Å². The molecule has 3 aromatic heterocycles. The van der Waals surface area contributed by atoms with Crippen LogP contribution in [0.2, 0.25) is 0 Å². The van der Waals surface area contributed by atoms with E-state index in [1.165, 1.54) is 0 Å². The molecule has 3 heterocycles. The highest BCUT2D eigenvalue weighted by atomic mass is 16.1. The Labute approximate surface area is 103 Å². The fraction of sp³-hybridized carbons (Fsp3) is 0. The lowest BCUT2D eigenvalue weighted by Gasteiger charge is -1.97. The molecule has 0 aromatic carbocycles. The highest BCUT2D eigenvalue weighted by Crippen LogP contribution is 2.19. The zero-order valence-corrected chi connectivity index (χ0v) is 9.45. The van der Waals surface area contributed by atoms with Crippen LogP contribution in [0, 0.1) is 0 Å². The lowest BCUT2D eigenvalue weighted by Crippen LogP contribution is -2.12. The Morgan fingerprint density at radius 2 is 2.17 bits per heavy atom. The Morgan fingerprint density at radius 1 is 1.28 bits per heavy atom. The second kappa shape index (κ2) is 3.96. The molecule has 0 aliphatic heterocycles. The number of aromatic nitrogens is 3. The Kier molecular flexibility index (Phi) is 2.30. The van der Waals surface area contributed by atoms with Crippen molar-refractivity contribution in [1.29, 1.82) is 0 Å². The number of amides is 1. The van der Waals surface area contributed by atoms with E-state index in [2.05, 4.69) is 9.97 Å². The average molecular weight is 238 g/mol. The molecule has 0 saturated heterocycles. The van der Waals surface area contributed by atoms with E-state index in [4.69, 9.17) is 5.73 Å². The first-order valence-electron chi connectivity index (χ1n) is 5.43. The molecule has 0 spiro atoms. The van der Waals surface area contributed by atoms with E-state index >= 15 is 0 Å². The number of rotatable bonds is 2. The summed E-state index contributed by atoms with van der Waals surface area (Å²) in [7, 11) is 0. The number of nitrogens with zero attached hydrogens (tertiary/aromatic N) is 3. The summed E-state index contributed by atoms with van der Waals surface area (Å²) in [5.41, 5.74) is 7.95. The van der Waals surface area contributed by atoms with Crippen molar-refractivity contribution in [2.24, 2.45) is 5.73 Å². The molecule has 3 rings (SSSR count). The van der Waals surface area contributed by atoms with Gasteiger partial charge in [0.05, 0.1) is 11.3 Å². The van der Waals surface area contributed by atoms with E-state index in [1.807, 2.05) is 24.5 Å². The lowest BCUT2D eigenvalue weighted by molar-refractivity contribution is 0.100. The van der Waals surface area contributed by atoms with E-state index in [9.17, 15) is 4.79 Å². The molecule has 5 nitrogen and oxygen atoms in total. The van der Waals surface area contributed by atoms with Gasteiger partial charge in [0.2, 0.25) is 0 Å². The van der Waals surface area contributed by atoms with Gasteiger partial charge in [-0.15, -0.1) is 0 Å². The molecule has 88 valence electrons. The number of primary amides is 1. The maximum Gasteiger partial charge on any atom is 0.252 e. The third-order valence-corrected chi connectivity index (χ3v) is 2.71. The van der Waals surface area contributed by atoms with Gasteiger partial charge in [0.1, 0.15) is 5.65 Å².